The van der Waals surface area contributed by atoms with Gasteiger partial charge in [-0.05, 0) is 51.2 Å². The fourth-order valence-electron chi connectivity index (χ4n) is 1.60. The van der Waals surface area contributed by atoms with Crippen molar-refractivity contribution in [2.24, 2.45) is 5.92 Å². The molecule has 0 spiro atoms. The summed E-state index contributed by atoms with van der Waals surface area (Å²) in [7, 11) is 0. The first-order valence-corrected chi connectivity index (χ1v) is 6.29. The molecule has 0 aromatic heterocycles. The normalized spacial score (nSPS) is 12.4. The van der Waals surface area contributed by atoms with Crippen LogP contribution < -0.4 is 0 Å². The molecule has 0 aromatic rings. The quantitative estimate of drug-likeness (QED) is 0.473. The van der Waals surface area contributed by atoms with Crippen LogP contribution in [0.4, 0.5) is 0 Å². The van der Waals surface area contributed by atoms with Gasteiger partial charge in [-0.1, -0.05) is 25.5 Å². The van der Waals surface area contributed by atoms with Gasteiger partial charge in [0.25, 0.3) is 0 Å². The minimum Gasteiger partial charge on any atom is -0.295 e. The van der Waals surface area contributed by atoms with Crippen molar-refractivity contribution in [3.63, 3.8) is 0 Å². The fourth-order valence-corrected chi connectivity index (χ4v) is 1.60. The Balaban J connectivity index is 3.74. The zero-order valence-corrected chi connectivity index (χ0v) is 11.5. The fraction of sp³-hybridized carbons (Fsp3) is 0.600. The maximum absolute atomic E-state index is 11.4. The molecule has 0 aliphatic heterocycles. The lowest BCUT2D eigenvalue weighted by molar-refractivity contribution is -0.115. The molecule has 0 rings (SSSR count). The Hall–Kier alpha value is -1.18. The van der Waals surface area contributed by atoms with Gasteiger partial charge in [0.1, 0.15) is 0 Å². The molecule has 0 amide bonds. The predicted molar refractivity (Wildman–Crippen MR) is 71.9 cm³/mol. The van der Waals surface area contributed by atoms with Gasteiger partial charge in [0.05, 0.1) is 0 Å². The SMILES string of the molecule is CC(=O)/C=C(\C)CCC/C=C/C(=O)CC(C)C. The van der Waals surface area contributed by atoms with Crippen LogP contribution in [0.1, 0.15) is 53.4 Å². The Bertz CT molecular complexity index is 309. The monoisotopic (exact) mass is 236 g/mol. The van der Waals surface area contributed by atoms with Gasteiger partial charge in [-0.3, -0.25) is 9.59 Å². The van der Waals surface area contributed by atoms with Gasteiger partial charge < -0.3 is 0 Å². The second-order valence-corrected chi connectivity index (χ2v) is 4.96. The first-order valence-electron chi connectivity index (χ1n) is 6.29. The van der Waals surface area contributed by atoms with Gasteiger partial charge in [0.15, 0.2) is 11.6 Å². The van der Waals surface area contributed by atoms with Crippen LogP contribution in [0.15, 0.2) is 23.8 Å². The molecule has 0 atom stereocenters. The summed E-state index contributed by atoms with van der Waals surface area (Å²) in [6.45, 7) is 7.62. The van der Waals surface area contributed by atoms with Gasteiger partial charge in [-0.15, -0.1) is 0 Å². The van der Waals surface area contributed by atoms with Crippen LogP contribution in [0.25, 0.3) is 0 Å². The summed E-state index contributed by atoms with van der Waals surface area (Å²) in [4.78, 5) is 22.2. The summed E-state index contributed by atoms with van der Waals surface area (Å²) in [6.07, 6.45) is 8.72. The van der Waals surface area contributed by atoms with Crippen molar-refractivity contribution in [1.82, 2.24) is 0 Å². The molecule has 0 saturated carbocycles. The van der Waals surface area contributed by atoms with E-state index in [0.29, 0.717) is 12.3 Å². The van der Waals surface area contributed by atoms with E-state index in [1.54, 1.807) is 19.1 Å². The van der Waals surface area contributed by atoms with Crippen LogP contribution in [0.5, 0.6) is 0 Å². The molecular formula is C15H24O2. The maximum Gasteiger partial charge on any atom is 0.155 e. The van der Waals surface area contributed by atoms with Gasteiger partial charge in [0.2, 0.25) is 0 Å². The van der Waals surface area contributed by atoms with E-state index in [-0.39, 0.29) is 11.6 Å². The van der Waals surface area contributed by atoms with Crippen LogP contribution in [-0.2, 0) is 9.59 Å². The van der Waals surface area contributed by atoms with Crippen LogP contribution in [0.3, 0.4) is 0 Å². The third-order valence-corrected chi connectivity index (χ3v) is 2.30. The number of ketones is 2. The lowest BCUT2D eigenvalue weighted by Crippen LogP contribution is -1.98. The van der Waals surface area contributed by atoms with E-state index in [0.717, 1.165) is 24.8 Å². The van der Waals surface area contributed by atoms with E-state index in [1.165, 1.54) is 0 Å². The Morgan fingerprint density at radius 2 is 1.82 bits per heavy atom. The largest absolute Gasteiger partial charge is 0.295 e. The number of hydrogen-bond acceptors (Lipinski definition) is 2. The molecule has 0 aromatic carbocycles. The molecule has 0 aliphatic carbocycles. The standard InChI is InChI=1S/C15H24O2/c1-12(2)10-15(17)9-7-5-6-8-13(3)11-14(4)16/h7,9,11-12H,5-6,8,10H2,1-4H3/b9-7+,13-11+. The lowest BCUT2D eigenvalue weighted by Gasteiger charge is -1.99. The number of allylic oxidation sites excluding steroid dienone is 4. The maximum atomic E-state index is 11.4. The van der Waals surface area contributed by atoms with E-state index >= 15 is 0 Å². The molecule has 0 fully saturated rings. The number of carbonyl (C=O) groups excluding carboxylic acids is 2. The van der Waals surface area contributed by atoms with Crippen LogP contribution >= 0.6 is 0 Å². The second kappa shape index (κ2) is 8.91. The Morgan fingerprint density at radius 3 is 2.35 bits per heavy atom. The Labute approximate surface area is 105 Å². The van der Waals surface area contributed by atoms with Crippen molar-refractivity contribution in [2.45, 2.75) is 53.4 Å². The molecule has 0 bridgehead atoms. The van der Waals surface area contributed by atoms with Crippen LogP contribution in [0.2, 0.25) is 0 Å². The summed E-state index contributed by atoms with van der Waals surface area (Å²) in [5.74, 6) is 0.731. The first kappa shape index (κ1) is 15.8. The van der Waals surface area contributed by atoms with E-state index in [2.05, 4.69) is 0 Å². The van der Waals surface area contributed by atoms with E-state index in [1.807, 2.05) is 26.8 Å². The van der Waals surface area contributed by atoms with Gasteiger partial charge in [0, 0.05) is 6.42 Å². The molecule has 0 aliphatic rings. The molecular weight excluding hydrogens is 212 g/mol. The van der Waals surface area contributed by atoms with Crippen molar-refractivity contribution in [2.75, 3.05) is 0 Å². The van der Waals surface area contributed by atoms with Gasteiger partial charge in [-0.25, -0.2) is 0 Å². The van der Waals surface area contributed by atoms with Crippen molar-refractivity contribution >= 4 is 11.6 Å². The van der Waals surface area contributed by atoms with Crippen molar-refractivity contribution in [3.05, 3.63) is 23.8 Å². The molecule has 0 heterocycles. The molecule has 0 saturated heterocycles. The van der Waals surface area contributed by atoms with Gasteiger partial charge >= 0.3 is 0 Å². The second-order valence-electron chi connectivity index (χ2n) is 4.96. The number of rotatable bonds is 8. The number of carbonyl (C=O) groups is 2. The summed E-state index contributed by atoms with van der Waals surface area (Å²) >= 11 is 0. The average molecular weight is 236 g/mol. The highest BCUT2D eigenvalue weighted by molar-refractivity contribution is 5.89. The summed E-state index contributed by atoms with van der Waals surface area (Å²) < 4.78 is 0. The molecule has 0 unspecified atom stereocenters. The lowest BCUT2D eigenvalue weighted by atomic mass is 10.1. The number of hydrogen-bond donors (Lipinski definition) is 0. The minimum absolute atomic E-state index is 0.102. The molecule has 2 nitrogen and oxygen atoms in total. The highest BCUT2D eigenvalue weighted by Crippen LogP contribution is 2.07. The Kier molecular flexibility index (Phi) is 8.29. The van der Waals surface area contributed by atoms with Crippen LogP contribution in [-0.4, -0.2) is 11.6 Å². The third kappa shape index (κ3) is 11.1. The summed E-state index contributed by atoms with van der Waals surface area (Å²) in [5, 5.41) is 0. The van der Waals surface area contributed by atoms with E-state index in [9.17, 15) is 9.59 Å². The Morgan fingerprint density at radius 1 is 1.18 bits per heavy atom. The van der Waals surface area contributed by atoms with Crippen molar-refractivity contribution in [1.29, 1.82) is 0 Å². The molecule has 17 heavy (non-hydrogen) atoms. The summed E-state index contributed by atoms with van der Waals surface area (Å²) in [5.41, 5.74) is 1.11. The summed E-state index contributed by atoms with van der Waals surface area (Å²) in [6, 6.07) is 0. The molecule has 0 radical (unpaired) electrons. The smallest absolute Gasteiger partial charge is 0.155 e. The molecule has 0 N–H and O–H groups in total. The third-order valence-electron chi connectivity index (χ3n) is 2.30. The molecule has 96 valence electrons. The predicted octanol–water partition coefficient (Wildman–Crippen LogP) is 3.86. The number of unbranched alkanes of at least 4 members (excludes halogenated alkanes) is 1. The topological polar surface area (TPSA) is 34.1 Å². The van der Waals surface area contributed by atoms with Crippen LogP contribution in [0, 0.1) is 5.92 Å². The van der Waals surface area contributed by atoms with Gasteiger partial charge in [-0.2, -0.15) is 0 Å². The first-order chi connectivity index (χ1) is 7.91. The van der Waals surface area contributed by atoms with Crippen molar-refractivity contribution < 1.29 is 9.59 Å². The zero-order chi connectivity index (χ0) is 13.3. The highest BCUT2D eigenvalue weighted by Gasteiger charge is 1.99. The zero-order valence-electron chi connectivity index (χ0n) is 11.5. The minimum atomic E-state index is 0.102. The van der Waals surface area contributed by atoms with E-state index in [4.69, 9.17) is 0 Å². The average Bonchev–Trinajstić information content (AvgIpc) is 2.14. The van der Waals surface area contributed by atoms with Crippen molar-refractivity contribution in [3.8, 4) is 0 Å². The van der Waals surface area contributed by atoms with E-state index < -0.39 is 0 Å². The molecule has 2 heteroatoms. The highest BCUT2D eigenvalue weighted by atomic mass is 16.1.